The Hall–Kier alpha value is -0.830. The Kier molecular flexibility index (Phi) is 10.1. The van der Waals surface area contributed by atoms with Gasteiger partial charge in [0.2, 0.25) is 5.91 Å². The molecule has 0 aromatic rings. The molecule has 0 rings (SSSR count). The largest absolute Gasteiger partial charge is 0.355 e. The van der Waals surface area contributed by atoms with Crippen molar-refractivity contribution in [1.29, 1.82) is 0 Å². The van der Waals surface area contributed by atoms with Gasteiger partial charge in [0.15, 0.2) is 0 Å². The minimum Gasteiger partial charge on any atom is -0.355 e. The van der Waals surface area contributed by atoms with E-state index in [4.69, 9.17) is 0 Å². The third kappa shape index (κ3) is 8.48. The van der Waals surface area contributed by atoms with Crippen LogP contribution in [0.15, 0.2) is 12.7 Å². The maximum absolute atomic E-state index is 11.4. The van der Waals surface area contributed by atoms with E-state index in [1.807, 2.05) is 6.08 Å². The van der Waals surface area contributed by atoms with Crippen LogP contribution in [0.3, 0.4) is 0 Å². The summed E-state index contributed by atoms with van der Waals surface area (Å²) in [5.41, 5.74) is 0. The van der Waals surface area contributed by atoms with E-state index in [9.17, 15) is 4.79 Å². The van der Waals surface area contributed by atoms with Crippen molar-refractivity contribution in [2.45, 2.75) is 52.0 Å². The van der Waals surface area contributed by atoms with Gasteiger partial charge in [-0.05, 0) is 25.7 Å². The van der Waals surface area contributed by atoms with Crippen LogP contribution in [-0.2, 0) is 4.79 Å². The molecule has 0 saturated heterocycles. The van der Waals surface area contributed by atoms with Gasteiger partial charge in [-0.3, -0.25) is 4.79 Å². The Balaban J connectivity index is 3.72. The van der Waals surface area contributed by atoms with Gasteiger partial charge < -0.3 is 10.6 Å². The van der Waals surface area contributed by atoms with Crippen LogP contribution in [-0.4, -0.2) is 25.0 Å². The molecular weight excluding hydrogens is 200 g/mol. The summed E-state index contributed by atoms with van der Waals surface area (Å²) in [6, 6.07) is 0.440. The van der Waals surface area contributed by atoms with E-state index >= 15 is 0 Å². The molecule has 0 aromatic heterocycles. The Morgan fingerprint density at radius 1 is 1.31 bits per heavy atom. The molecule has 0 bridgehead atoms. The average molecular weight is 226 g/mol. The number of hydrogen-bond acceptors (Lipinski definition) is 2. The number of allylic oxidation sites excluding steroid dienone is 1. The molecule has 2 N–H and O–H groups in total. The molecule has 0 heterocycles. The maximum atomic E-state index is 11.4. The zero-order valence-electron chi connectivity index (χ0n) is 10.7. The number of amides is 1. The normalized spacial score (nSPS) is 12.1. The summed E-state index contributed by atoms with van der Waals surface area (Å²) in [5.74, 6) is 0.0987. The van der Waals surface area contributed by atoms with Crippen molar-refractivity contribution in [3.05, 3.63) is 12.7 Å². The lowest BCUT2D eigenvalue weighted by molar-refractivity contribution is -0.120. The van der Waals surface area contributed by atoms with Crippen LogP contribution in [0.1, 0.15) is 46.0 Å². The third-order valence-corrected chi connectivity index (χ3v) is 2.48. The van der Waals surface area contributed by atoms with Crippen molar-refractivity contribution in [1.82, 2.24) is 10.6 Å². The molecule has 0 fully saturated rings. The highest BCUT2D eigenvalue weighted by atomic mass is 16.1. The van der Waals surface area contributed by atoms with Crippen molar-refractivity contribution >= 4 is 5.91 Å². The van der Waals surface area contributed by atoms with Gasteiger partial charge in [0, 0.05) is 12.6 Å². The Morgan fingerprint density at radius 3 is 2.62 bits per heavy atom. The molecule has 0 aromatic carbocycles. The van der Waals surface area contributed by atoms with Crippen LogP contribution in [0.4, 0.5) is 0 Å². The summed E-state index contributed by atoms with van der Waals surface area (Å²) in [7, 11) is 0. The van der Waals surface area contributed by atoms with Crippen molar-refractivity contribution in [2.75, 3.05) is 13.1 Å². The van der Waals surface area contributed by atoms with Gasteiger partial charge in [-0.15, -0.1) is 6.58 Å². The van der Waals surface area contributed by atoms with Crippen LogP contribution in [0.2, 0.25) is 0 Å². The maximum Gasteiger partial charge on any atom is 0.233 e. The summed E-state index contributed by atoms with van der Waals surface area (Å²) in [4.78, 5) is 11.4. The number of rotatable bonds is 10. The monoisotopic (exact) mass is 226 g/mol. The zero-order valence-corrected chi connectivity index (χ0v) is 10.7. The predicted molar refractivity (Wildman–Crippen MR) is 69.4 cm³/mol. The molecule has 94 valence electrons. The van der Waals surface area contributed by atoms with Crippen molar-refractivity contribution < 1.29 is 4.79 Å². The van der Waals surface area contributed by atoms with Gasteiger partial charge in [-0.2, -0.15) is 0 Å². The molecule has 1 amide bonds. The van der Waals surface area contributed by atoms with Crippen molar-refractivity contribution in [3.8, 4) is 0 Å². The van der Waals surface area contributed by atoms with Crippen LogP contribution in [0, 0.1) is 0 Å². The van der Waals surface area contributed by atoms with Gasteiger partial charge in [-0.1, -0.05) is 26.3 Å². The van der Waals surface area contributed by atoms with Crippen molar-refractivity contribution in [2.24, 2.45) is 0 Å². The van der Waals surface area contributed by atoms with E-state index in [1.54, 1.807) is 0 Å². The molecular formula is C13H26N2O. The minimum atomic E-state index is 0.0987. The second kappa shape index (κ2) is 10.7. The van der Waals surface area contributed by atoms with E-state index in [0.29, 0.717) is 12.6 Å². The minimum absolute atomic E-state index is 0.0987. The number of carbonyl (C=O) groups excluding carboxylic acids is 1. The summed E-state index contributed by atoms with van der Waals surface area (Å²) in [6.45, 7) is 9.14. The lowest BCUT2D eigenvalue weighted by Gasteiger charge is -2.17. The zero-order chi connectivity index (χ0) is 12.2. The van der Waals surface area contributed by atoms with E-state index in [0.717, 1.165) is 38.6 Å². The first kappa shape index (κ1) is 15.2. The van der Waals surface area contributed by atoms with E-state index < -0.39 is 0 Å². The quantitative estimate of drug-likeness (QED) is 0.561. The topological polar surface area (TPSA) is 41.1 Å². The second-order valence-corrected chi connectivity index (χ2v) is 4.08. The highest BCUT2D eigenvalue weighted by Gasteiger charge is 2.08. The molecule has 0 saturated carbocycles. The first-order valence-electron chi connectivity index (χ1n) is 6.35. The molecule has 0 spiro atoms. The highest BCUT2D eigenvalue weighted by molar-refractivity contribution is 5.77. The van der Waals surface area contributed by atoms with Gasteiger partial charge in [0.1, 0.15) is 0 Å². The fourth-order valence-corrected chi connectivity index (χ4v) is 1.58. The standard InChI is InChI=1S/C13H26N2O/c1-4-7-9-12(8-5-2)15-11-13(16)14-10-6-3/h4,12,15H,1,5-11H2,2-3H3,(H,14,16). The van der Waals surface area contributed by atoms with Crippen LogP contribution < -0.4 is 10.6 Å². The molecule has 3 heteroatoms. The van der Waals surface area contributed by atoms with E-state index in [1.165, 1.54) is 0 Å². The Bertz CT molecular complexity index is 192. The van der Waals surface area contributed by atoms with E-state index in [-0.39, 0.29) is 5.91 Å². The van der Waals surface area contributed by atoms with Crippen molar-refractivity contribution in [3.63, 3.8) is 0 Å². The molecule has 0 aliphatic carbocycles. The number of hydrogen-bond donors (Lipinski definition) is 2. The number of carbonyl (C=O) groups is 1. The molecule has 0 aliphatic rings. The van der Waals surface area contributed by atoms with Crippen LogP contribution in [0.5, 0.6) is 0 Å². The van der Waals surface area contributed by atoms with Gasteiger partial charge in [0.05, 0.1) is 6.54 Å². The molecule has 16 heavy (non-hydrogen) atoms. The summed E-state index contributed by atoms with van der Waals surface area (Å²) >= 11 is 0. The molecule has 0 aliphatic heterocycles. The number of nitrogens with one attached hydrogen (secondary N) is 2. The summed E-state index contributed by atoms with van der Waals surface area (Å²) < 4.78 is 0. The van der Waals surface area contributed by atoms with Gasteiger partial charge in [-0.25, -0.2) is 0 Å². The van der Waals surface area contributed by atoms with Gasteiger partial charge >= 0.3 is 0 Å². The average Bonchev–Trinajstić information content (AvgIpc) is 2.30. The fraction of sp³-hybridized carbons (Fsp3) is 0.769. The Labute approximate surface area is 99.7 Å². The highest BCUT2D eigenvalue weighted by Crippen LogP contribution is 2.04. The van der Waals surface area contributed by atoms with Gasteiger partial charge in [0.25, 0.3) is 0 Å². The predicted octanol–water partition coefficient (Wildman–Crippen LogP) is 2.24. The molecule has 3 nitrogen and oxygen atoms in total. The molecule has 1 unspecified atom stereocenters. The second-order valence-electron chi connectivity index (χ2n) is 4.08. The van der Waals surface area contributed by atoms with Crippen LogP contribution >= 0.6 is 0 Å². The molecule has 0 radical (unpaired) electrons. The Morgan fingerprint density at radius 2 is 2.06 bits per heavy atom. The lowest BCUT2D eigenvalue weighted by atomic mass is 10.1. The molecule has 1 atom stereocenters. The van der Waals surface area contributed by atoms with Crippen LogP contribution in [0.25, 0.3) is 0 Å². The third-order valence-electron chi connectivity index (χ3n) is 2.48. The first-order chi connectivity index (χ1) is 7.74. The lowest BCUT2D eigenvalue weighted by Crippen LogP contribution is -2.39. The summed E-state index contributed by atoms with van der Waals surface area (Å²) in [6.07, 6.45) is 7.26. The first-order valence-corrected chi connectivity index (χ1v) is 6.35. The fourth-order valence-electron chi connectivity index (χ4n) is 1.58. The van der Waals surface area contributed by atoms with E-state index in [2.05, 4.69) is 31.1 Å². The smallest absolute Gasteiger partial charge is 0.233 e. The SMILES string of the molecule is C=CCCC(CCC)NCC(=O)NCCC. The summed E-state index contributed by atoms with van der Waals surface area (Å²) in [5, 5.41) is 6.17.